The van der Waals surface area contributed by atoms with Gasteiger partial charge in [0.05, 0.1) is 19.1 Å². The van der Waals surface area contributed by atoms with E-state index in [2.05, 4.69) is 16.0 Å². The predicted octanol–water partition coefficient (Wildman–Crippen LogP) is -2.61. The molecule has 0 aromatic heterocycles. The average Bonchev–Trinajstić information content (AvgIpc) is 2.57. The van der Waals surface area contributed by atoms with Crippen molar-refractivity contribution in [2.75, 3.05) is 6.61 Å². The van der Waals surface area contributed by atoms with E-state index in [9.17, 15) is 29.1 Å². The van der Waals surface area contributed by atoms with Gasteiger partial charge in [-0.2, -0.15) is 0 Å². The molecule has 0 aliphatic carbocycles. The highest BCUT2D eigenvalue weighted by Crippen LogP contribution is 2.05. The summed E-state index contributed by atoms with van der Waals surface area (Å²) in [5.41, 5.74) is 5.37. The predicted molar refractivity (Wildman–Crippen MR) is 95.9 cm³/mol. The molecular formula is C16H28N4O8. The molecule has 12 heteroatoms. The molecule has 0 aliphatic heterocycles. The number of rotatable bonds is 12. The molecule has 0 saturated carbocycles. The van der Waals surface area contributed by atoms with Crippen LogP contribution in [0, 0.1) is 5.92 Å². The normalized spacial score (nSPS) is 15.1. The fourth-order valence-electron chi connectivity index (χ4n) is 2.12. The van der Waals surface area contributed by atoms with Crippen LogP contribution < -0.4 is 21.7 Å². The van der Waals surface area contributed by atoms with Gasteiger partial charge in [0, 0.05) is 0 Å². The van der Waals surface area contributed by atoms with Crippen LogP contribution in [0.4, 0.5) is 0 Å². The van der Waals surface area contributed by atoms with Gasteiger partial charge in [0.25, 0.3) is 0 Å². The van der Waals surface area contributed by atoms with Gasteiger partial charge in [-0.25, -0.2) is 4.79 Å². The van der Waals surface area contributed by atoms with Gasteiger partial charge >= 0.3 is 11.9 Å². The molecule has 0 aliphatic rings. The molecule has 4 atom stereocenters. The first-order chi connectivity index (χ1) is 12.9. The maximum Gasteiger partial charge on any atom is 0.326 e. The van der Waals surface area contributed by atoms with E-state index in [4.69, 9.17) is 15.9 Å². The molecule has 160 valence electrons. The minimum absolute atomic E-state index is 0.00953. The molecule has 28 heavy (non-hydrogen) atoms. The van der Waals surface area contributed by atoms with E-state index in [0.29, 0.717) is 0 Å². The van der Waals surface area contributed by atoms with Gasteiger partial charge in [-0.1, -0.05) is 13.8 Å². The van der Waals surface area contributed by atoms with Crippen molar-refractivity contribution in [1.82, 2.24) is 16.0 Å². The summed E-state index contributed by atoms with van der Waals surface area (Å²) in [6.07, 6.45) is -0.477. The van der Waals surface area contributed by atoms with E-state index in [1.54, 1.807) is 13.8 Å². The van der Waals surface area contributed by atoms with Gasteiger partial charge in [-0.15, -0.1) is 0 Å². The lowest BCUT2D eigenvalue weighted by Crippen LogP contribution is -2.57. The third kappa shape index (κ3) is 9.28. The summed E-state index contributed by atoms with van der Waals surface area (Å²) < 4.78 is 0. The largest absolute Gasteiger partial charge is 0.481 e. The lowest BCUT2D eigenvalue weighted by atomic mass is 10.0. The number of nitrogens with two attached hydrogens (primary N) is 1. The molecule has 0 aromatic carbocycles. The quantitative estimate of drug-likeness (QED) is 0.181. The Hall–Kier alpha value is -2.73. The van der Waals surface area contributed by atoms with Gasteiger partial charge in [-0.05, 0) is 19.3 Å². The van der Waals surface area contributed by atoms with Gasteiger partial charge in [0.2, 0.25) is 17.7 Å². The molecule has 4 unspecified atom stereocenters. The number of nitrogens with one attached hydrogen (secondary N) is 3. The van der Waals surface area contributed by atoms with Gasteiger partial charge in [0.15, 0.2) is 0 Å². The summed E-state index contributed by atoms with van der Waals surface area (Å²) >= 11 is 0. The fourth-order valence-corrected chi connectivity index (χ4v) is 2.12. The number of amides is 3. The number of hydrogen-bond acceptors (Lipinski definition) is 7. The molecule has 12 nitrogen and oxygen atoms in total. The van der Waals surface area contributed by atoms with Crippen LogP contribution in [0.15, 0.2) is 0 Å². The van der Waals surface area contributed by atoms with E-state index < -0.39 is 66.9 Å². The summed E-state index contributed by atoms with van der Waals surface area (Å²) in [4.78, 5) is 57.7. The maximum atomic E-state index is 12.1. The molecule has 3 amide bonds. The Kier molecular flexibility index (Phi) is 10.7. The number of carboxylic acids is 2. The molecule has 0 fully saturated rings. The highest BCUT2D eigenvalue weighted by Gasteiger charge is 2.28. The molecule has 0 aromatic rings. The Morgan fingerprint density at radius 2 is 1.39 bits per heavy atom. The summed E-state index contributed by atoms with van der Waals surface area (Å²) in [6, 6.07) is -5.17. The number of aliphatic hydroxyl groups is 1. The van der Waals surface area contributed by atoms with E-state index in [-0.39, 0.29) is 12.3 Å². The first-order valence-corrected chi connectivity index (χ1v) is 8.61. The van der Waals surface area contributed by atoms with Crippen molar-refractivity contribution in [2.24, 2.45) is 11.7 Å². The summed E-state index contributed by atoms with van der Waals surface area (Å²) in [6.45, 7) is 4.05. The molecular weight excluding hydrogens is 376 g/mol. The Balaban J connectivity index is 4.82. The second kappa shape index (κ2) is 11.9. The van der Waals surface area contributed by atoms with Crippen molar-refractivity contribution < 1.29 is 39.3 Å². The zero-order valence-corrected chi connectivity index (χ0v) is 16.0. The smallest absolute Gasteiger partial charge is 0.326 e. The third-order valence-corrected chi connectivity index (χ3v) is 3.62. The van der Waals surface area contributed by atoms with Gasteiger partial charge in [0.1, 0.15) is 18.1 Å². The molecule has 0 saturated heterocycles. The lowest BCUT2D eigenvalue weighted by molar-refractivity contribution is -0.142. The minimum Gasteiger partial charge on any atom is -0.481 e. The standard InChI is InChI=1S/C16H28N4O8/c1-7(2)4-10(16(27)28)19-13(24)8(3)18-15(26)11(6-21)20-14(25)9(17)5-12(22)23/h7-11,21H,4-6,17H2,1-3H3,(H,18,26)(H,19,24)(H,20,25)(H,22,23)(H,27,28). The second-order valence-electron chi connectivity index (χ2n) is 6.71. The van der Waals surface area contributed by atoms with Crippen LogP contribution in [0.1, 0.15) is 33.6 Å². The zero-order valence-electron chi connectivity index (χ0n) is 16.0. The molecule has 0 heterocycles. The number of aliphatic carboxylic acids is 2. The highest BCUT2D eigenvalue weighted by atomic mass is 16.4. The number of carboxylic acid groups (broad SMARTS) is 2. The van der Waals surface area contributed by atoms with Crippen molar-refractivity contribution in [3.05, 3.63) is 0 Å². The lowest BCUT2D eigenvalue weighted by Gasteiger charge is -2.22. The molecule has 0 spiro atoms. The number of carbonyl (C=O) groups excluding carboxylic acids is 3. The number of aliphatic hydroxyl groups excluding tert-OH is 1. The SMILES string of the molecule is CC(C)CC(NC(=O)C(C)NC(=O)C(CO)NC(=O)C(N)CC(=O)O)C(=O)O. The topological polar surface area (TPSA) is 208 Å². The van der Waals surface area contributed by atoms with Crippen LogP contribution in [-0.4, -0.2) is 75.8 Å². The third-order valence-electron chi connectivity index (χ3n) is 3.62. The van der Waals surface area contributed by atoms with E-state index in [1.807, 2.05) is 0 Å². The number of hydrogen-bond donors (Lipinski definition) is 7. The van der Waals surface area contributed by atoms with Crippen LogP contribution in [0.5, 0.6) is 0 Å². The van der Waals surface area contributed by atoms with Crippen LogP contribution in [0.25, 0.3) is 0 Å². The number of carbonyl (C=O) groups is 5. The van der Waals surface area contributed by atoms with Crippen molar-refractivity contribution in [3.8, 4) is 0 Å². The zero-order chi connectivity index (χ0) is 22.0. The molecule has 0 radical (unpaired) electrons. The highest BCUT2D eigenvalue weighted by molar-refractivity contribution is 5.94. The van der Waals surface area contributed by atoms with Gasteiger partial charge < -0.3 is 37.0 Å². The minimum atomic E-state index is -1.46. The monoisotopic (exact) mass is 404 g/mol. The fraction of sp³-hybridized carbons (Fsp3) is 0.688. The Bertz CT molecular complexity index is 595. The van der Waals surface area contributed by atoms with Crippen LogP contribution in [0.2, 0.25) is 0 Å². The summed E-state index contributed by atoms with van der Waals surface area (Å²) in [5.74, 6) is -5.16. The van der Waals surface area contributed by atoms with Crippen LogP contribution >= 0.6 is 0 Å². The summed E-state index contributed by atoms with van der Waals surface area (Å²) in [5, 5.41) is 33.6. The molecule has 8 N–H and O–H groups in total. The Labute approximate surface area is 161 Å². The Morgan fingerprint density at radius 3 is 1.82 bits per heavy atom. The van der Waals surface area contributed by atoms with Crippen LogP contribution in [-0.2, 0) is 24.0 Å². The Morgan fingerprint density at radius 1 is 0.857 bits per heavy atom. The van der Waals surface area contributed by atoms with Crippen molar-refractivity contribution in [3.63, 3.8) is 0 Å². The first-order valence-electron chi connectivity index (χ1n) is 8.61. The van der Waals surface area contributed by atoms with Gasteiger partial charge in [-0.3, -0.25) is 19.2 Å². The van der Waals surface area contributed by atoms with Crippen molar-refractivity contribution in [2.45, 2.75) is 57.8 Å². The van der Waals surface area contributed by atoms with E-state index in [1.165, 1.54) is 6.92 Å². The summed E-state index contributed by atoms with van der Waals surface area (Å²) in [7, 11) is 0. The van der Waals surface area contributed by atoms with Crippen molar-refractivity contribution in [1.29, 1.82) is 0 Å². The second-order valence-corrected chi connectivity index (χ2v) is 6.71. The molecule has 0 bridgehead atoms. The first kappa shape index (κ1) is 25.3. The molecule has 0 rings (SSSR count). The average molecular weight is 404 g/mol. The van der Waals surface area contributed by atoms with E-state index in [0.717, 1.165) is 0 Å². The van der Waals surface area contributed by atoms with Crippen LogP contribution in [0.3, 0.4) is 0 Å². The van der Waals surface area contributed by atoms with E-state index >= 15 is 0 Å². The maximum absolute atomic E-state index is 12.1. The van der Waals surface area contributed by atoms with Crippen molar-refractivity contribution >= 4 is 29.7 Å².